The topological polar surface area (TPSA) is 92.4 Å². The lowest BCUT2D eigenvalue weighted by atomic mass is 10.0. The Morgan fingerprint density at radius 3 is 2.44 bits per heavy atom. The molecule has 0 radical (unpaired) electrons. The summed E-state index contributed by atoms with van der Waals surface area (Å²) in [5, 5.41) is 11.4. The highest BCUT2D eigenvalue weighted by atomic mass is 16.4. The molecular weight excluding hydrogens is 232 g/mol. The molecule has 0 fully saturated rings. The molecule has 0 spiro atoms. The second-order valence-corrected chi connectivity index (χ2v) is 4.95. The monoisotopic (exact) mass is 258 g/mol. The zero-order valence-corrected chi connectivity index (χ0v) is 11.4. The van der Waals surface area contributed by atoms with Gasteiger partial charge in [0.05, 0.1) is 0 Å². The van der Waals surface area contributed by atoms with Crippen LogP contribution in [0, 0.1) is 11.8 Å². The fourth-order valence-corrected chi connectivity index (χ4v) is 1.69. The van der Waals surface area contributed by atoms with E-state index in [1.54, 1.807) is 0 Å². The van der Waals surface area contributed by atoms with Crippen LogP contribution in [0.3, 0.4) is 0 Å². The minimum absolute atomic E-state index is 0.00266. The van der Waals surface area contributed by atoms with Crippen LogP contribution in [0.15, 0.2) is 0 Å². The lowest BCUT2D eigenvalue weighted by Crippen LogP contribution is -2.31. The first-order chi connectivity index (χ1) is 8.47. The van der Waals surface area contributed by atoms with E-state index >= 15 is 0 Å². The molecule has 18 heavy (non-hydrogen) atoms. The van der Waals surface area contributed by atoms with Gasteiger partial charge in [-0.05, 0) is 38.1 Å². The molecule has 0 aromatic carbocycles. The Morgan fingerprint density at radius 2 is 1.89 bits per heavy atom. The SMILES string of the molecule is CC(CCNC(=O)C(C)CCCN)CCC(=O)O. The number of nitrogens with one attached hydrogen (secondary N) is 1. The maximum atomic E-state index is 11.7. The summed E-state index contributed by atoms with van der Waals surface area (Å²) >= 11 is 0. The number of carboxylic acid groups (broad SMARTS) is 1. The molecule has 0 saturated heterocycles. The van der Waals surface area contributed by atoms with Crippen molar-refractivity contribution < 1.29 is 14.7 Å². The number of nitrogens with two attached hydrogens (primary N) is 1. The Balaban J connectivity index is 3.63. The van der Waals surface area contributed by atoms with E-state index in [-0.39, 0.29) is 18.2 Å². The van der Waals surface area contributed by atoms with Crippen molar-refractivity contribution in [3.8, 4) is 0 Å². The van der Waals surface area contributed by atoms with Crippen LogP contribution >= 0.6 is 0 Å². The predicted octanol–water partition coefficient (Wildman–Crippen LogP) is 1.37. The summed E-state index contributed by atoms with van der Waals surface area (Å²) in [6, 6.07) is 0. The summed E-state index contributed by atoms with van der Waals surface area (Å²) < 4.78 is 0. The fourth-order valence-electron chi connectivity index (χ4n) is 1.69. The number of carboxylic acids is 1. The van der Waals surface area contributed by atoms with E-state index in [0.29, 0.717) is 25.4 Å². The molecule has 2 unspecified atom stereocenters. The van der Waals surface area contributed by atoms with E-state index in [9.17, 15) is 9.59 Å². The average Bonchev–Trinajstić information content (AvgIpc) is 2.33. The second-order valence-electron chi connectivity index (χ2n) is 4.95. The lowest BCUT2D eigenvalue weighted by molar-refractivity contribution is -0.137. The molecule has 0 heterocycles. The Labute approximate surface area is 109 Å². The molecule has 0 aliphatic heterocycles. The number of hydrogen-bond acceptors (Lipinski definition) is 3. The number of aliphatic carboxylic acids is 1. The van der Waals surface area contributed by atoms with Crippen molar-refractivity contribution in [1.82, 2.24) is 5.32 Å². The van der Waals surface area contributed by atoms with E-state index in [4.69, 9.17) is 10.8 Å². The zero-order valence-electron chi connectivity index (χ0n) is 11.4. The molecule has 4 N–H and O–H groups in total. The number of rotatable bonds is 10. The summed E-state index contributed by atoms with van der Waals surface area (Å²) in [5.74, 6) is -0.376. The number of hydrogen-bond donors (Lipinski definition) is 3. The van der Waals surface area contributed by atoms with E-state index in [2.05, 4.69) is 5.32 Å². The third-order valence-corrected chi connectivity index (χ3v) is 3.08. The smallest absolute Gasteiger partial charge is 0.303 e. The minimum Gasteiger partial charge on any atom is -0.481 e. The van der Waals surface area contributed by atoms with Crippen LogP contribution in [0.2, 0.25) is 0 Å². The highest BCUT2D eigenvalue weighted by Gasteiger charge is 2.12. The van der Waals surface area contributed by atoms with Crippen molar-refractivity contribution in [2.75, 3.05) is 13.1 Å². The van der Waals surface area contributed by atoms with E-state index in [0.717, 1.165) is 19.3 Å². The third kappa shape index (κ3) is 8.98. The molecule has 0 aliphatic rings. The van der Waals surface area contributed by atoms with Crippen LogP contribution in [0.5, 0.6) is 0 Å². The van der Waals surface area contributed by atoms with Crippen molar-refractivity contribution in [2.24, 2.45) is 17.6 Å². The first kappa shape index (κ1) is 16.9. The van der Waals surface area contributed by atoms with Gasteiger partial charge in [-0.1, -0.05) is 13.8 Å². The van der Waals surface area contributed by atoms with Gasteiger partial charge in [0.15, 0.2) is 0 Å². The zero-order chi connectivity index (χ0) is 14.0. The van der Waals surface area contributed by atoms with Gasteiger partial charge in [-0.2, -0.15) is 0 Å². The van der Waals surface area contributed by atoms with E-state index < -0.39 is 5.97 Å². The fraction of sp³-hybridized carbons (Fsp3) is 0.846. The molecule has 106 valence electrons. The summed E-state index contributed by atoms with van der Waals surface area (Å²) in [6.45, 7) is 5.14. The van der Waals surface area contributed by atoms with Crippen molar-refractivity contribution in [2.45, 2.75) is 46.0 Å². The molecule has 0 rings (SSSR count). The van der Waals surface area contributed by atoms with Crippen LogP contribution in [-0.2, 0) is 9.59 Å². The van der Waals surface area contributed by atoms with Gasteiger partial charge in [-0.15, -0.1) is 0 Å². The van der Waals surface area contributed by atoms with Gasteiger partial charge in [0.25, 0.3) is 0 Å². The molecule has 0 aromatic heterocycles. The van der Waals surface area contributed by atoms with Crippen molar-refractivity contribution in [3.63, 3.8) is 0 Å². The maximum Gasteiger partial charge on any atom is 0.303 e. The summed E-state index contributed by atoms with van der Waals surface area (Å²) in [6.07, 6.45) is 3.36. The van der Waals surface area contributed by atoms with Gasteiger partial charge in [-0.3, -0.25) is 9.59 Å². The standard InChI is InChI=1S/C13H26N2O3/c1-10(5-6-12(16)17)7-9-15-13(18)11(2)4-3-8-14/h10-11H,3-9,14H2,1-2H3,(H,15,18)(H,16,17). The number of amides is 1. The van der Waals surface area contributed by atoms with Gasteiger partial charge < -0.3 is 16.2 Å². The van der Waals surface area contributed by atoms with Gasteiger partial charge >= 0.3 is 5.97 Å². The second kappa shape index (κ2) is 9.88. The third-order valence-electron chi connectivity index (χ3n) is 3.08. The molecular formula is C13H26N2O3. The molecule has 0 bridgehead atoms. The maximum absolute atomic E-state index is 11.7. The molecule has 5 heteroatoms. The molecule has 1 amide bonds. The Morgan fingerprint density at radius 1 is 1.22 bits per heavy atom. The highest BCUT2D eigenvalue weighted by Crippen LogP contribution is 2.10. The first-order valence-corrected chi connectivity index (χ1v) is 6.67. The van der Waals surface area contributed by atoms with Gasteiger partial charge in [0.1, 0.15) is 0 Å². The summed E-state index contributed by atoms with van der Waals surface area (Å²) in [7, 11) is 0. The van der Waals surface area contributed by atoms with Crippen LogP contribution in [-0.4, -0.2) is 30.1 Å². The summed E-state index contributed by atoms with van der Waals surface area (Å²) in [5.41, 5.74) is 5.39. The highest BCUT2D eigenvalue weighted by molar-refractivity contribution is 5.78. The minimum atomic E-state index is -0.763. The van der Waals surface area contributed by atoms with E-state index in [1.165, 1.54) is 0 Å². The van der Waals surface area contributed by atoms with Crippen LogP contribution < -0.4 is 11.1 Å². The largest absolute Gasteiger partial charge is 0.481 e. The van der Waals surface area contributed by atoms with Crippen molar-refractivity contribution in [1.29, 1.82) is 0 Å². The predicted molar refractivity (Wildman–Crippen MR) is 71.1 cm³/mol. The van der Waals surface area contributed by atoms with Gasteiger partial charge in [0, 0.05) is 18.9 Å². The molecule has 2 atom stereocenters. The van der Waals surface area contributed by atoms with Crippen LogP contribution in [0.4, 0.5) is 0 Å². The molecule has 0 saturated carbocycles. The number of carbonyl (C=O) groups excluding carboxylic acids is 1. The molecule has 0 aromatic rings. The Hall–Kier alpha value is -1.10. The first-order valence-electron chi connectivity index (χ1n) is 6.67. The number of carbonyl (C=O) groups is 2. The molecule has 5 nitrogen and oxygen atoms in total. The average molecular weight is 258 g/mol. The quantitative estimate of drug-likeness (QED) is 0.552. The molecule has 0 aliphatic carbocycles. The van der Waals surface area contributed by atoms with Crippen LogP contribution in [0.1, 0.15) is 46.0 Å². The van der Waals surface area contributed by atoms with Crippen molar-refractivity contribution in [3.05, 3.63) is 0 Å². The Bertz CT molecular complexity index is 257. The van der Waals surface area contributed by atoms with Crippen LogP contribution in [0.25, 0.3) is 0 Å². The van der Waals surface area contributed by atoms with Crippen molar-refractivity contribution >= 4 is 11.9 Å². The Kier molecular flexibility index (Phi) is 9.28. The van der Waals surface area contributed by atoms with E-state index in [1.807, 2.05) is 13.8 Å². The van der Waals surface area contributed by atoms with Gasteiger partial charge in [-0.25, -0.2) is 0 Å². The lowest BCUT2D eigenvalue weighted by Gasteiger charge is -2.14. The van der Waals surface area contributed by atoms with Gasteiger partial charge in [0.2, 0.25) is 5.91 Å². The summed E-state index contributed by atoms with van der Waals surface area (Å²) in [4.78, 5) is 22.0. The normalized spacial score (nSPS) is 13.9.